The Hall–Kier alpha value is -2.36. The SMILES string of the molecule is CN(C)S(=O)(=O)N1CCC(Cc2cccnc2-c2cncc(C(=O)O)c2)CC1. The Morgan fingerprint density at radius 1 is 1.29 bits per heavy atom. The fourth-order valence-corrected chi connectivity index (χ4v) is 4.57. The molecule has 8 nitrogen and oxygen atoms in total. The minimum Gasteiger partial charge on any atom is -0.478 e. The fourth-order valence-electron chi connectivity index (χ4n) is 3.44. The lowest BCUT2D eigenvalue weighted by molar-refractivity contribution is 0.0696. The summed E-state index contributed by atoms with van der Waals surface area (Å²) in [4.78, 5) is 19.7. The molecular formula is C19H24N4O4S. The van der Waals surface area contributed by atoms with Crippen LogP contribution in [0.25, 0.3) is 11.3 Å². The predicted molar refractivity (Wildman–Crippen MR) is 105 cm³/mol. The van der Waals surface area contributed by atoms with Gasteiger partial charge in [0.15, 0.2) is 0 Å². The van der Waals surface area contributed by atoms with E-state index in [-0.39, 0.29) is 5.56 Å². The van der Waals surface area contributed by atoms with E-state index in [4.69, 9.17) is 0 Å². The molecule has 28 heavy (non-hydrogen) atoms. The summed E-state index contributed by atoms with van der Waals surface area (Å²) in [6.07, 6.45) is 6.92. The lowest BCUT2D eigenvalue weighted by atomic mass is 9.89. The van der Waals surface area contributed by atoms with Crippen molar-refractivity contribution in [3.63, 3.8) is 0 Å². The van der Waals surface area contributed by atoms with Gasteiger partial charge in [-0.15, -0.1) is 0 Å². The van der Waals surface area contributed by atoms with Crippen molar-refractivity contribution >= 4 is 16.2 Å². The molecule has 0 amide bonds. The normalized spacial score (nSPS) is 16.4. The van der Waals surface area contributed by atoms with Crippen LogP contribution in [0.1, 0.15) is 28.8 Å². The molecule has 1 N–H and O–H groups in total. The molecule has 1 aliphatic rings. The average molecular weight is 404 g/mol. The first-order chi connectivity index (χ1) is 13.3. The Bertz CT molecular complexity index is 954. The number of aromatic nitrogens is 2. The number of aromatic carboxylic acids is 1. The van der Waals surface area contributed by atoms with Crippen molar-refractivity contribution in [3.05, 3.63) is 47.9 Å². The summed E-state index contributed by atoms with van der Waals surface area (Å²) in [6.45, 7) is 0.994. The van der Waals surface area contributed by atoms with Gasteiger partial charge in [0.05, 0.1) is 11.3 Å². The van der Waals surface area contributed by atoms with Crippen LogP contribution in [0.3, 0.4) is 0 Å². The van der Waals surface area contributed by atoms with Gasteiger partial charge in [-0.3, -0.25) is 9.97 Å². The molecule has 0 atom stereocenters. The number of nitrogens with zero attached hydrogens (tertiary/aromatic N) is 4. The van der Waals surface area contributed by atoms with Crippen LogP contribution < -0.4 is 0 Å². The summed E-state index contributed by atoms with van der Waals surface area (Å²) in [5.74, 6) is -0.687. The van der Waals surface area contributed by atoms with Gasteiger partial charge >= 0.3 is 5.97 Å². The Morgan fingerprint density at radius 2 is 2.00 bits per heavy atom. The van der Waals surface area contributed by atoms with Gasteiger partial charge in [0.1, 0.15) is 0 Å². The van der Waals surface area contributed by atoms with Crippen LogP contribution >= 0.6 is 0 Å². The number of hydrogen-bond acceptors (Lipinski definition) is 5. The third-order valence-electron chi connectivity index (χ3n) is 5.02. The molecule has 0 spiro atoms. The predicted octanol–water partition coefficient (Wildman–Crippen LogP) is 1.90. The highest BCUT2D eigenvalue weighted by molar-refractivity contribution is 7.86. The van der Waals surface area contributed by atoms with Gasteiger partial charge in [-0.25, -0.2) is 4.79 Å². The third kappa shape index (κ3) is 4.37. The van der Waals surface area contributed by atoms with Gasteiger partial charge in [0, 0.05) is 51.3 Å². The van der Waals surface area contributed by atoms with Crippen LogP contribution in [0, 0.1) is 5.92 Å². The van der Waals surface area contributed by atoms with Crippen LogP contribution in [0.4, 0.5) is 0 Å². The average Bonchev–Trinajstić information content (AvgIpc) is 2.69. The van der Waals surface area contributed by atoms with E-state index in [1.54, 1.807) is 32.6 Å². The van der Waals surface area contributed by atoms with Gasteiger partial charge in [-0.2, -0.15) is 17.0 Å². The minimum absolute atomic E-state index is 0.122. The van der Waals surface area contributed by atoms with E-state index in [0.717, 1.165) is 30.5 Å². The highest BCUT2D eigenvalue weighted by atomic mass is 32.2. The molecule has 1 saturated heterocycles. The Labute approximate surface area is 165 Å². The van der Waals surface area contributed by atoms with Crippen molar-refractivity contribution in [2.24, 2.45) is 5.92 Å². The largest absolute Gasteiger partial charge is 0.478 e. The number of carbonyl (C=O) groups is 1. The molecule has 0 bridgehead atoms. The van der Waals surface area contributed by atoms with E-state index >= 15 is 0 Å². The molecule has 0 saturated carbocycles. The molecule has 0 aromatic carbocycles. The zero-order chi connectivity index (χ0) is 20.3. The summed E-state index contributed by atoms with van der Waals surface area (Å²) in [7, 11) is -0.281. The molecule has 0 unspecified atom stereocenters. The molecule has 1 fully saturated rings. The van der Waals surface area contributed by atoms with Gasteiger partial charge < -0.3 is 5.11 Å². The molecule has 1 aliphatic heterocycles. The van der Waals surface area contributed by atoms with Gasteiger partial charge in [-0.1, -0.05) is 6.07 Å². The van der Waals surface area contributed by atoms with Gasteiger partial charge in [0.25, 0.3) is 10.2 Å². The van der Waals surface area contributed by atoms with Gasteiger partial charge in [-0.05, 0) is 42.9 Å². The van der Waals surface area contributed by atoms with E-state index in [1.807, 2.05) is 12.1 Å². The third-order valence-corrected chi connectivity index (χ3v) is 6.96. The van der Waals surface area contributed by atoms with Crippen LogP contribution in [0.2, 0.25) is 0 Å². The lowest BCUT2D eigenvalue weighted by Crippen LogP contribution is -2.44. The summed E-state index contributed by atoms with van der Waals surface area (Å²) < 4.78 is 27.3. The first-order valence-corrected chi connectivity index (χ1v) is 10.5. The van der Waals surface area contributed by atoms with E-state index in [9.17, 15) is 18.3 Å². The quantitative estimate of drug-likeness (QED) is 0.789. The van der Waals surface area contributed by atoms with Crippen molar-refractivity contribution in [2.75, 3.05) is 27.2 Å². The molecule has 3 rings (SSSR count). The zero-order valence-electron chi connectivity index (χ0n) is 15.9. The van der Waals surface area contributed by atoms with Crippen LogP contribution in [0.15, 0.2) is 36.8 Å². The van der Waals surface area contributed by atoms with E-state index in [2.05, 4.69) is 9.97 Å². The lowest BCUT2D eigenvalue weighted by Gasteiger charge is -2.33. The van der Waals surface area contributed by atoms with E-state index < -0.39 is 16.2 Å². The molecule has 0 aliphatic carbocycles. The molecule has 9 heteroatoms. The molecule has 3 heterocycles. The standard InChI is InChI=1S/C19H24N4O4S/c1-22(2)28(26,27)23-8-5-14(6-9-23)10-15-4-3-7-21-18(15)16-11-17(19(24)25)13-20-12-16/h3-4,7,11-14H,5-6,8-10H2,1-2H3,(H,24,25). The number of pyridine rings is 2. The number of piperidine rings is 1. The fraction of sp³-hybridized carbons (Fsp3) is 0.421. The number of rotatable bonds is 6. The summed E-state index contributed by atoms with van der Waals surface area (Å²) in [5.41, 5.74) is 2.53. The van der Waals surface area contributed by atoms with Crippen LogP contribution in [-0.2, 0) is 16.6 Å². The summed E-state index contributed by atoms with van der Waals surface area (Å²) in [5, 5.41) is 9.20. The maximum absolute atomic E-state index is 12.3. The number of hydrogen-bond donors (Lipinski definition) is 1. The summed E-state index contributed by atoms with van der Waals surface area (Å²) >= 11 is 0. The Kier molecular flexibility index (Phi) is 6.07. The Morgan fingerprint density at radius 3 is 2.64 bits per heavy atom. The maximum Gasteiger partial charge on any atom is 0.337 e. The first-order valence-electron chi connectivity index (χ1n) is 9.09. The monoisotopic (exact) mass is 404 g/mol. The van der Waals surface area contributed by atoms with E-state index in [1.165, 1.54) is 14.8 Å². The van der Waals surface area contributed by atoms with E-state index in [0.29, 0.717) is 24.6 Å². The topological polar surface area (TPSA) is 104 Å². The second-order valence-electron chi connectivity index (χ2n) is 7.12. The van der Waals surface area contributed by atoms with Crippen molar-refractivity contribution in [3.8, 4) is 11.3 Å². The van der Waals surface area contributed by atoms with Crippen molar-refractivity contribution in [1.29, 1.82) is 0 Å². The zero-order valence-corrected chi connectivity index (χ0v) is 16.8. The second kappa shape index (κ2) is 8.34. The molecule has 2 aromatic rings. The number of carboxylic acids is 1. The molecule has 150 valence electrons. The highest BCUT2D eigenvalue weighted by Crippen LogP contribution is 2.28. The summed E-state index contributed by atoms with van der Waals surface area (Å²) in [6, 6.07) is 5.42. The van der Waals surface area contributed by atoms with Crippen LogP contribution in [0.5, 0.6) is 0 Å². The Balaban J connectivity index is 1.75. The van der Waals surface area contributed by atoms with Crippen LogP contribution in [-0.4, -0.2) is 65.3 Å². The van der Waals surface area contributed by atoms with Crippen molar-refractivity contribution in [2.45, 2.75) is 19.3 Å². The molecule has 0 radical (unpaired) electrons. The van der Waals surface area contributed by atoms with Crippen molar-refractivity contribution in [1.82, 2.24) is 18.6 Å². The molecular weight excluding hydrogens is 380 g/mol. The number of carboxylic acid groups (broad SMARTS) is 1. The molecule has 2 aromatic heterocycles. The first kappa shape index (κ1) is 20.4. The second-order valence-corrected chi connectivity index (χ2v) is 9.26. The van der Waals surface area contributed by atoms with Crippen molar-refractivity contribution < 1.29 is 18.3 Å². The maximum atomic E-state index is 12.3. The van der Waals surface area contributed by atoms with Gasteiger partial charge in [0.2, 0.25) is 0 Å². The highest BCUT2D eigenvalue weighted by Gasteiger charge is 2.29. The minimum atomic E-state index is -3.37. The smallest absolute Gasteiger partial charge is 0.337 e.